The van der Waals surface area contributed by atoms with Gasteiger partial charge in [-0.2, -0.15) is 0 Å². The van der Waals surface area contributed by atoms with Gasteiger partial charge in [0.25, 0.3) is 6.43 Å². The summed E-state index contributed by atoms with van der Waals surface area (Å²) in [6, 6.07) is 1.26. The number of halogens is 3. The molecule has 0 bridgehead atoms. The molecule has 1 aliphatic rings. The Kier molecular flexibility index (Phi) is 4.52. The van der Waals surface area contributed by atoms with E-state index in [0.717, 1.165) is 12.8 Å². The highest BCUT2D eigenvalue weighted by atomic mass is 35.5. The number of hydrogen-bond acceptors (Lipinski definition) is 3. The minimum Gasteiger partial charge on any atom is -0.342 e. The molecular formula is C13H16ClF2N3O. The second-order valence-electron chi connectivity index (χ2n) is 5.03. The van der Waals surface area contributed by atoms with Gasteiger partial charge in [0, 0.05) is 5.69 Å². The van der Waals surface area contributed by atoms with Gasteiger partial charge >= 0.3 is 0 Å². The molecule has 1 aromatic rings. The van der Waals surface area contributed by atoms with Crippen molar-refractivity contribution in [2.45, 2.75) is 44.6 Å². The average molecular weight is 304 g/mol. The van der Waals surface area contributed by atoms with Crippen LogP contribution in [0.5, 0.6) is 0 Å². The lowest BCUT2D eigenvalue weighted by Crippen LogP contribution is -2.46. The smallest absolute Gasteiger partial charge is 0.280 e. The number of hydrogen-bond donors (Lipinski definition) is 1. The zero-order valence-electron chi connectivity index (χ0n) is 11.1. The maximum Gasteiger partial charge on any atom is 0.280 e. The first-order valence-corrected chi connectivity index (χ1v) is 7.01. The fourth-order valence-corrected chi connectivity index (χ4v) is 2.67. The molecule has 0 unspecified atom stereocenters. The average Bonchev–Trinajstić information content (AvgIpc) is 2.87. The van der Waals surface area contributed by atoms with E-state index in [0.29, 0.717) is 18.5 Å². The number of aryl methyl sites for hydroxylation is 1. The van der Waals surface area contributed by atoms with Crippen LogP contribution >= 0.6 is 11.6 Å². The number of carbonyl (C=O) groups is 1. The predicted molar refractivity (Wildman–Crippen MR) is 70.7 cm³/mol. The third-order valence-corrected chi connectivity index (χ3v) is 3.73. The summed E-state index contributed by atoms with van der Waals surface area (Å²) in [5.41, 5.74) is -0.600. The minimum absolute atomic E-state index is 0.171. The summed E-state index contributed by atoms with van der Waals surface area (Å²) in [7, 11) is 0. The quantitative estimate of drug-likeness (QED) is 0.870. The number of rotatable bonds is 4. The Balaban J connectivity index is 2.41. The molecule has 110 valence electrons. The molecule has 1 aliphatic carbocycles. The van der Waals surface area contributed by atoms with Gasteiger partial charge in [0.15, 0.2) is 5.82 Å². The van der Waals surface area contributed by atoms with E-state index in [9.17, 15) is 13.6 Å². The summed E-state index contributed by atoms with van der Waals surface area (Å²) in [5.74, 6) is -0.240. The van der Waals surface area contributed by atoms with Gasteiger partial charge in [-0.3, -0.25) is 4.79 Å². The maximum absolute atomic E-state index is 12.9. The summed E-state index contributed by atoms with van der Waals surface area (Å²) in [6.07, 6.45) is 0.412. The molecule has 1 aromatic heterocycles. The van der Waals surface area contributed by atoms with Crippen LogP contribution in [0.25, 0.3) is 0 Å². The molecule has 1 heterocycles. The van der Waals surface area contributed by atoms with E-state index in [1.807, 2.05) is 0 Å². The van der Waals surface area contributed by atoms with Crippen LogP contribution in [0.2, 0.25) is 0 Å². The molecular weight excluding hydrogens is 288 g/mol. The van der Waals surface area contributed by atoms with Crippen molar-refractivity contribution in [1.82, 2.24) is 15.3 Å². The van der Waals surface area contributed by atoms with Crippen LogP contribution in [-0.2, 0) is 10.3 Å². The van der Waals surface area contributed by atoms with Gasteiger partial charge in [-0.05, 0) is 25.8 Å². The van der Waals surface area contributed by atoms with Crippen LogP contribution in [-0.4, -0.2) is 21.8 Å². The van der Waals surface area contributed by atoms with Crippen molar-refractivity contribution in [2.75, 3.05) is 5.88 Å². The van der Waals surface area contributed by atoms with Crippen LogP contribution in [0.15, 0.2) is 6.07 Å². The monoisotopic (exact) mass is 303 g/mol. The molecule has 0 spiro atoms. The zero-order chi connectivity index (χ0) is 14.8. The van der Waals surface area contributed by atoms with Gasteiger partial charge in [0.2, 0.25) is 5.91 Å². The molecule has 0 aromatic carbocycles. The van der Waals surface area contributed by atoms with E-state index >= 15 is 0 Å². The summed E-state index contributed by atoms with van der Waals surface area (Å²) >= 11 is 5.52. The summed E-state index contributed by atoms with van der Waals surface area (Å²) in [5, 5.41) is 2.81. The van der Waals surface area contributed by atoms with E-state index in [4.69, 9.17) is 11.6 Å². The Labute approximate surface area is 120 Å². The van der Waals surface area contributed by atoms with Crippen LogP contribution in [0.4, 0.5) is 8.78 Å². The first-order chi connectivity index (χ1) is 9.47. The lowest BCUT2D eigenvalue weighted by molar-refractivity contribution is -0.120. The Bertz CT molecular complexity index is 504. The van der Waals surface area contributed by atoms with Crippen LogP contribution in [0, 0.1) is 6.92 Å². The van der Waals surface area contributed by atoms with Crippen molar-refractivity contribution in [2.24, 2.45) is 0 Å². The second-order valence-corrected chi connectivity index (χ2v) is 5.30. The molecule has 7 heteroatoms. The van der Waals surface area contributed by atoms with Crippen LogP contribution < -0.4 is 5.32 Å². The predicted octanol–water partition coefficient (Wildman–Crippen LogP) is 2.85. The van der Waals surface area contributed by atoms with Crippen LogP contribution in [0.3, 0.4) is 0 Å². The highest BCUT2D eigenvalue weighted by Gasteiger charge is 2.40. The van der Waals surface area contributed by atoms with Crippen molar-refractivity contribution >= 4 is 17.5 Å². The molecule has 1 fully saturated rings. The third-order valence-electron chi connectivity index (χ3n) is 3.48. The summed E-state index contributed by atoms with van der Waals surface area (Å²) in [4.78, 5) is 19.8. The fourth-order valence-electron chi connectivity index (χ4n) is 2.60. The normalized spacial score (nSPS) is 17.4. The fraction of sp³-hybridized carbons (Fsp3) is 0.615. The molecule has 0 radical (unpaired) electrons. The molecule has 1 amide bonds. The first kappa shape index (κ1) is 15.1. The van der Waals surface area contributed by atoms with Crippen molar-refractivity contribution in [3.63, 3.8) is 0 Å². The second kappa shape index (κ2) is 5.99. The summed E-state index contributed by atoms with van der Waals surface area (Å²) in [6.45, 7) is 1.64. The Morgan fingerprint density at radius 3 is 2.65 bits per heavy atom. The standard InChI is InChI=1S/C13H16ClF2N3O/c1-8-6-9(11(15)16)18-12(17-8)13(4-2-3-5-13)19-10(20)7-14/h6,11H,2-5,7H2,1H3,(H,19,20). The highest BCUT2D eigenvalue weighted by Crippen LogP contribution is 2.37. The number of aromatic nitrogens is 2. The van der Waals surface area contributed by atoms with E-state index in [-0.39, 0.29) is 23.3 Å². The lowest BCUT2D eigenvalue weighted by Gasteiger charge is -2.29. The van der Waals surface area contributed by atoms with Crippen molar-refractivity contribution < 1.29 is 13.6 Å². The van der Waals surface area contributed by atoms with Gasteiger partial charge in [-0.25, -0.2) is 18.7 Å². The van der Waals surface area contributed by atoms with E-state index in [1.165, 1.54) is 6.07 Å². The number of nitrogens with zero attached hydrogens (tertiary/aromatic N) is 2. The Morgan fingerprint density at radius 1 is 1.45 bits per heavy atom. The lowest BCUT2D eigenvalue weighted by atomic mass is 9.96. The SMILES string of the molecule is Cc1cc(C(F)F)nc(C2(NC(=O)CCl)CCCC2)n1. The maximum atomic E-state index is 12.9. The van der Waals surface area contributed by atoms with Crippen LogP contribution in [0.1, 0.15) is 49.3 Å². The molecule has 20 heavy (non-hydrogen) atoms. The molecule has 2 rings (SSSR count). The van der Waals surface area contributed by atoms with Gasteiger partial charge in [-0.15, -0.1) is 11.6 Å². The molecule has 0 atom stereocenters. The van der Waals surface area contributed by atoms with Gasteiger partial charge in [-0.1, -0.05) is 12.8 Å². The number of nitrogens with one attached hydrogen (secondary N) is 1. The van der Waals surface area contributed by atoms with Crippen molar-refractivity contribution in [3.05, 3.63) is 23.3 Å². The van der Waals surface area contributed by atoms with E-state index in [1.54, 1.807) is 6.92 Å². The van der Waals surface area contributed by atoms with E-state index < -0.39 is 12.0 Å². The largest absolute Gasteiger partial charge is 0.342 e. The molecule has 0 saturated heterocycles. The molecule has 4 nitrogen and oxygen atoms in total. The summed E-state index contributed by atoms with van der Waals surface area (Å²) < 4.78 is 25.7. The zero-order valence-corrected chi connectivity index (χ0v) is 11.9. The topological polar surface area (TPSA) is 54.9 Å². The van der Waals surface area contributed by atoms with E-state index in [2.05, 4.69) is 15.3 Å². The van der Waals surface area contributed by atoms with Gasteiger partial charge < -0.3 is 5.32 Å². The van der Waals surface area contributed by atoms with Crippen molar-refractivity contribution in [3.8, 4) is 0 Å². The Hall–Kier alpha value is -1.30. The molecule has 1 saturated carbocycles. The number of carbonyl (C=O) groups excluding carboxylic acids is 1. The first-order valence-electron chi connectivity index (χ1n) is 6.48. The Morgan fingerprint density at radius 2 is 2.10 bits per heavy atom. The van der Waals surface area contributed by atoms with Gasteiger partial charge in [0.05, 0.1) is 5.54 Å². The third kappa shape index (κ3) is 3.06. The number of alkyl halides is 3. The highest BCUT2D eigenvalue weighted by molar-refractivity contribution is 6.27. The van der Waals surface area contributed by atoms with Crippen molar-refractivity contribution in [1.29, 1.82) is 0 Å². The number of amides is 1. The molecule has 0 aliphatic heterocycles. The van der Waals surface area contributed by atoms with Gasteiger partial charge in [0.1, 0.15) is 11.6 Å². The minimum atomic E-state index is -2.65. The molecule has 1 N–H and O–H groups in total.